The van der Waals surface area contributed by atoms with E-state index in [2.05, 4.69) is 17.1 Å². The Balaban J connectivity index is 2.85. The molecule has 5 heavy (non-hydrogen) atoms. The van der Waals surface area contributed by atoms with Crippen LogP contribution in [-0.2, 0) is 4.18 Å². The molecule has 1 N–H and O–H groups in total. The molecule has 0 radical (unpaired) electrons. The summed E-state index contributed by atoms with van der Waals surface area (Å²) in [6.45, 7) is 0. The van der Waals surface area contributed by atoms with E-state index < -0.39 is 6.16 Å². The predicted octanol–water partition coefficient (Wildman–Crippen LogP) is 0.526. The lowest BCUT2D eigenvalue weighted by molar-refractivity contribution is 0.154. The van der Waals surface area contributed by atoms with Gasteiger partial charge in [0.15, 0.2) is 0 Å². The first kappa shape index (κ1) is 4.62. The van der Waals surface area contributed by atoms with Gasteiger partial charge >= 0.3 is 6.16 Å². The summed E-state index contributed by atoms with van der Waals surface area (Å²) in [5.74, 6) is 0. The average molecular weight is 94.1 g/mol. The third-order valence-corrected chi connectivity index (χ3v) is 0.234. The molecule has 0 aromatic rings. The largest absolute Gasteiger partial charge is 0.518 e. The SMILES string of the molecule is O=C(O)OS. The highest BCUT2D eigenvalue weighted by molar-refractivity contribution is 7.75. The molecule has 0 spiro atoms. The van der Waals surface area contributed by atoms with Gasteiger partial charge < -0.3 is 9.29 Å². The zero-order valence-corrected chi connectivity index (χ0v) is 3.11. The molecule has 0 unspecified atom stereocenters. The minimum Gasteiger partial charge on any atom is -0.449 e. The summed E-state index contributed by atoms with van der Waals surface area (Å²) in [6, 6.07) is 0. The maximum atomic E-state index is 9.07. The summed E-state index contributed by atoms with van der Waals surface area (Å²) in [6.07, 6.45) is -1.38. The monoisotopic (exact) mass is 94.0 g/mol. The molecule has 0 bridgehead atoms. The molecule has 0 aliphatic heterocycles. The molecule has 3 nitrogen and oxygen atoms in total. The number of carboxylic acid groups (broad SMARTS) is 1. The second-order valence-electron chi connectivity index (χ2n) is 0.357. The lowest BCUT2D eigenvalue weighted by atomic mass is 11.5. The van der Waals surface area contributed by atoms with Crippen molar-refractivity contribution in [3.63, 3.8) is 0 Å². The van der Waals surface area contributed by atoms with Gasteiger partial charge in [-0.25, -0.2) is 4.79 Å². The third kappa shape index (κ3) is 3.62. The first-order chi connectivity index (χ1) is 2.27. The Morgan fingerprint density at radius 2 is 2.20 bits per heavy atom. The van der Waals surface area contributed by atoms with Crippen LogP contribution >= 0.6 is 12.9 Å². The predicted molar refractivity (Wildman–Crippen MR) is 18.1 cm³/mol. The minimum absolute atomic E-state index is 1.38. The molecule has 0 fully saturated rings. The van der Waals surface area contributed by atoms with E-state index in [1.54, 1.807) is 0 Å². The molecular formula is CH2O3S. The Labute approximate surface area is 34.2 Å². The van der Waals surface area contributed by atoms with Crippen LogP contribution in [0, 0.1) is 0 Å². The van der Waals surface area contributed by atoms with Gasteiger partial charge in [0, 0.05) is 12.9 Å². The first-order valence-electron chi connectivity index (χ1n) is 0.814. The van der Waals surface area contributed by atoms with Crippen LogP contribution in [0.15, 0.2) is 0 Å². The molecular weight excluding hydrogens is 92.1 g/mol. The fraction of sp³-hybridized carbons (Fsp3) is 0. The van der Waals surface area contributed by atoms with Crippen molar-refractivity contribution in [3.05, 3.63) is 0 Å². The Morgan fingerprint density at radius 3 is 2.20 bits per heavy atom. The van der Waals surface area contributed by atoms with Crippen molar-refractivity contribution in [3.8, 4) is 0 Å². The first-order valence-corrected chi connectivity index (χ1v) is 1.18. The van der Waals surface area contributed by atoms with Gasteiger partial charge in [0.25, 0.3) is 0 Å². The normalized spacial score (nSPS) is 6.60. The van der Waals surface area contributed by atoms with Crippen molar-refractivity contribution < 1.29 is 14.1 Å². The zero-order chi connectivity index (χ0) is 4.28. The molecule has 0 amide bonds. The van der Waals surface area contributed by atoms with E-state index in [9.17, 15) is 0 Å². The third-order valence-electron chi connectivity index (χ3n) is 0.0781. The molecule has 0 saturated heterocycles. The van der Waals surface area contributed by atoms with E-state index in [0.29, 0.717) is 0 Å². The van der Waals surface area contributed by atoms with Gasteiger partial charge in [0.05, 0.1) is 0 Å². The lowest BCUT2D eigenvalue weighted by Crippen LogP contribution is -1.85. The van der Waals surface area contributed by atoms with Crippen LogP contribution in [0.2, 0.25) is 0 Å². The molecule has 0 saturated carbocycles. The van der Waals surface area contributed by atoms with Crippen LogP contribution in [0.3, 0.4) is 0 Å². The number of thiol groups is 1. The zero-order valence-electron chi connectivity index (χ0n) is 2.21. The number of hydrogen-bond donors (Lipinski definition) is 2. The molecule has 30 valence electrons. The van der Waals surface area contributed by atoms with Crippen molar-refractivity contribution in [1.29, 1.82) is 0 Å². The van der Waals surface area contributed by atoms with Crippen LogP contribution in [0.25, 0.3) is 0 Å². The second kappa shape index (κ2) is 1.90. The highest BCUT2D eigenvalue weighted by Gasteiger charge is 1.82. The van der Waals surface area contributed by atoms with Crippen molar-refractivity contribution >= 4 is 19.1 Å². The van der Waals surface area contributed by atoms with E-state index in [-0.39, 0.29) is 0 Å². The van der Waals surface area contributed by atoms with Crippen LogP contribution in [0.5, 0.6) is 0 Å². The lowest BCUT2D eigenvalue weighted by Gasteiger charge is -1.76. The molecule has 0 aromatic heterocycles. The van der Waals surface area contributed by atoms with E-state index >= 15 is 0 Å². The van der Waals surface area contributed by atoms with Crippen LogP contribution in [0.1, 0.15) is 0 Å². The van der Waals surface area contributed by atoms with Crippen molar-refractivity contribution in [2.75, 3.05) is 0 Å². The summed E-state index contributed by atoms with van der Waals surface area (Å²) in [7, 11) is 0. The van der Waals surface area contributed by atoms with E-state index in [0.717, 1.165) is 0 Å². The average Bonchev–Trinajstić information content (AvgIpc) is 1.38. The number of rotatable bonds is 0. The summed E-state index contributed by atoms with van der Waals surface area (Å²) in [4.78, 5) is 9.07. The quantitative estimate of drug-likeness (QED) is 0.340. The van der Waals surface area contributed by atoms with E-state index in [1.807, 2.05) is 0 Å². The molecule has 0 aliphatic carbocycles. The maximum absolute atomic E-state index is 9.07. The van der Waals surface area contributed by atoms with Gasteiger partial charge in [-0.15, -0.1) is 0 Å². The van der Waals surface area contributed by atoms with Crippen LogP contribution in [0.4, 0.5) is 4.79 Å². The maximum Gasteiger partial charge on any atom is 0.518 e. The fourth-order valence-corrected chi connectivity index (χ4v) is 0. The van der Waals surface area contributed by atoms with E-state index in [1.165, 1.54) is 0 Å². The van der Waals surface area contributed by atoms with Crippen molar-refractivity contribution in [2.24, 2.45) is 0 Å². The number of carbonyl (C=O) groups is 1. The number of hydrogen-bond acceptors (Lipinski definition) is 3. The molecule has 0 atom stereocenters. The molecule has 0 aromatic carbocycles. The highest BCUT2D eigenvalue weighted by Crippen LogP contribution is 1.74. The summed E-state index contributed by atoms with van der Waals surface area (Å²) in [5, 5.41) is 7.42. The Bertz CT molecular complexity index is 42.2. The Morgan fingerprint density at radius 1 is 2.00 bits per heavy atom. The van der Waals surface area contributed by atoms with Gasteiger partial charge in [-0.3, -0.25) is 0 Å². The topological polar surface area (TPSA) is 46.5 Å². The Kier molecular flexibility index (Phi) is 1.75. The van der Waals surface area contributed by atoms with Gasteiger partial charge in [0.1, 0.15) is 0 Å². The minimum atomic E-state index is -1.38. The van der Waals surface area contributed by atoms with Gasteiger partial charge in [-0.2, -0.15) is 0 Å². The summed E-state index contributed by atoms with van der Waals surface area (Å²) in [5.41, 5.74) is 0. The molecule has 0 rings (SSSR count). The fourth-order valence-electron chi connectivity index (χ4n) is 0. The van der Waals surface area contributed by atoms with Crippen LogP contribution < -0.4 is 0 Å². The smallest absolute Gasteiger partial charge is 0.449 e. The molecule has 0 heterocycles. The second-order valence-corrected chi connectivity index (χ2v) is 0.540. The van der Waals surface area contributed by atoms with Crippen LogP contribution in [-0.4, -0.2) is 11.3 Å². The van der Waals surface area contributed by atoms with Gasteiger partial charge in [-0.05, 0) is 0 Å². The molecule has 0 aliphatic rings. The summed E-state index contributed by atoms with van der Waals surface area (Å²) < 4.78 is 3.36. The van der Waals surface area contributed by atoms with E-state index in [4.69, 9.17) is 9.90 Å². The van der Waals surface area contributed by atoms with Gasteiger partial charge in [0.2, 0.25) is 0 Å². The summed E-state index contributed by atoms with van der Waals surface area (Å²) >= 11 is 2.92. The Hall–Kier alpha value is -0.380. The standard InChI is InChI=1S/CH2O3S/c2-1(3)4-5/h5H,(H,2,3). The van der Waals surface area contributed by atoms with Crippen molar-refractivity contribution in [2.45, 2.75) is 0 Å². The highest BCUT2D eigenvalue weighted by atomic mass is 32.1. The van der Waals surface area contributed by atoms with Crippen molar-refractivity contribution in [1.82, 2.24) is 0 Å². The van der Waals surface area contributed by atoms with Gasteiger partial charge in [-0.1, -0.05) is 0 Å². The molecule has 4 heteroatoms.